The number of carbonyl (C=O) groups excluding carboxylic acids is 1. The van der Waals surface area contributed by atoms with Crippen LogP contribution in [0.25, 0.3) is 10.8 Å². The number of fused-ring (bicyclic) bond motifs is 1. The zero-order valence-corrected chi connectivity index (χ0v) is 14.8. The number of esters is 1. The molecule has 0 radical (unpaired) electrons. The van der Waals surface area contributed by atoms with Gasteiger partial charge < -0.3 is 4.74 Å². The van der Waals surface area contributed by atoms with E-state index >= 15 is 0 Å². The topological polar surface area (TPSA) is 104 Å². The predicted octanol–water partition coefficient (Wildman–Crippen LogP) is 3.18. The molecule has 27 heavy (non-hydrogen) atoms. The van der Waals surface area contributed by atoms with Crippen LogP contribution in [-0.2, 0) is 6.54 Å². The summed E-state index contributed by atoms with van der Waals surface area (Å²) in [5.41, 5.74) is -0.362. The summed E-state index contributed by atoms with van der Waals surface area (Å²) < 4.78 is 6.57. The van der Waals surface area contributed by atoms with E-state index in [-0.39, 0.29) is 28.6 Å². The van der Waals surface area contributed by atoms with Crippen LogP contribution in [0.3, 0.4) is 0 Å². The SMILES string of the molecule is CC(C)Cn1nc(C(=O)Oc2ccc([N+](=O)[O-])cc2)c2ccccc2c1=O. The Morgan fingerprint density at radius 1 is 1.15 bits per heavy atom. The molecule has 8 nitrogen and oxygen atoms in total. The van der Waals surface area contributed by atoms with Crippen LogP contribution in [0.1, 0.15) is 24.3 Å². The molecule has 0 fully saturated rings. The quantitative estimate of drug-likeness (QED) is 0.297. The Kier molecular flexibility index (Phi) is 4.98. The largest absolute Gasteiger partial charge is 0.422 e. The van der Waals surface area contributed by atoms with E-state index in [1.165, 1.54) is 28.9 Å². The number of carbonyl (C=O) groups is 1. The van der Waals surface area contributed by atoms with Crippen molar-refractivity contribution in [1.29, 1.82) is 0 Å². The molecule has 0 spiro atoms. The van der Waals surface area contributed by atoms with Crippen molar-refractivity contribution in [2.45, 2.75) is 20.4 Å². The number of rotatable bonds is 5. The van der Waals surface area contributed by atoms with Crippen molar-refractivity contribution in [2.24, 2.45) is 5.92 Å². The lowest BCUT2D eigenvalue weighted by Crippen LogP contribution is -2.28. The number of nitro groups is 1. The minimum absolute atomic E-state index is 0.0178. The molecule has 2 aromatic carbocycles. The normalized spacial score (nSPS) is 10.9. The number of hydrogen-bond donors (Lipinski definition) is 0. The van der Waals surface area contributed by atoms with Gasteiger partial charge in [0.05, 0.1) is 10.3 Å². The monoisotopic (exact) mass is 367 g/mol. The fourth-order valence-electron chi connectivity index (χ4n) is 2.65. The van der Waals surface area contributed by atoms with Crippen molar-refractivity contribution in [3.05, 3.63) is 74.7 Å². The first-order valence-corrected chi connectivity index (χ1v) is 8.33. The number of aromatic nitrogens is 2. The molecule has 1 heterocycles. The number of nitro benzene ring substituents is 1. The maximum absolute atomic E-state index is 12.7. The van der Waals surface area contributed by atoms with Gasteiger partial charge in [0.2, 0.25) is 0 Å². The summed E-state index contributed by atoms with van der Waals surface area (Å²) in [5.74, 6) is -0.425. The highest BCUT2D eigenvalue weighted by atomic mass is 16.6. The highest BCUT2D eigenvalue weighted by molar-refractivity contribution is 6.02. The number of non-ortho nitro benzene ring substituents is 1. The van der Waals surface area contributed by atoms with Gasteiger partial charge >= 0.3 is 5.97 Å². The molecular formula is C19H17N3O5. The second-order valence-corrected chi connectivity index (χ2v) is 6.42. The third-order valence-corrected chi connectivity index (χ3v) is 3.86. The number of ether oxygens (including phenoxy) is 1. The molecule has 0 aliphatic carbocycles. The van der Waals surface area contributed by atoms with Crippen LogP contribution in [0.4, 0.5) is 5.69 Å². The lowest BCUT2D eigenvalue weighted by atomic mass is 10.1. The van der Waals surface area contributed by atoms with Crippen molar-refractivity contribution in [3.8, 4) is 5.75 Å². The Labute approximate surface area is 154 Å². The van der Waals surface area contributed by atoms with E-state index in [0.717, 1.165) is 0 Å². The summed E-state index contributed by atoms with van der Waals surface area (Å²) in [6, 6.07) is 11.9. The molecule has 3 aromatic rings. The maximum Gasteiger partial charge on any atom is 0.364 e. The molecule has 0 amide bonds. The fourth-order valence-corrected chi connectivity index (χ4v) is 2.65. The highest BCUT2D eigenvalue weighted by Gasteiger charge is 2.19. The van der Waals surface area contributed by atoms with Gasteiger partial charge in [-0.25, -0.2) is 9.48 Å². The molecule has 1 aromatic heterocycles. The third-order valence-electron chi connectivity index (χ3n) is 3.86. The molecule has 0 aliphatic heterocycles. The summed E-state index contributed by atoms with van der Waals surface area (Å²) in [4.78, 5) is 35.4. The van der Waals surface area contributed by atoms with E-state index in [9.17, 15) is 19.7 Å². The Balaban J connectivity index is 2.01. The second-order valence-electron chi connectivity index (χ2n) is 6.42. The van der Waals surface area contributed by atoms with Crippen LogP contribution in [0.5, 0.6) is 5.75 Å². The summed E-state index contributed by atoms with van der Waals surface area (Å²) in [5, 5.41) is 15.7. The molecule has 8 heteroatoms. The highest BCUT2D eigenvalue weighted by Crippen LogP contribution is 2.20. The number of benzene rings is 2. The first kappa shape index (κ1) is 18.2. The summed E-state index contributed by atoms with van der Waals surface area (Å²) in [7, 11) is 0. The van der Waals surface area contributed by atoms with Gasteiger partial charge in [-0.1, -0.05) is 32.0 Å². The molecule has 0 saturated heterocycles. The lowest BCUT2D eigenvalue weighted by molar-refractivity contribution is -0.384. The van der Waals surface area contributed by atoms with Gasteiger partial charge in [0.25, 0.3) is 11.2 Å². The van der Waals surface area contributed by atoms with Crippen molar-refractivity contribution in [2.75, 3.05) is 0 Å². The van der Waals surface area contributed by atoms with Gasteiger partial charge in [-0.3, -0.25) is 14.9 Å². The predicted molar refractivity (Wildman–Crippen MR) is 98.9 cm³/mol. The molecule has 0 aliphatic rings. The molecule has 0 N–H and O–H groups in total. The van der Waals surface area contributed by atoms with Crippen LogP contribution in [0.2, 0.25) is 0 Å². The van der Waals surface area contributed by atoms with Crippen LogP contribution in [0, 0.1) is 16.0 Å². The third kappa shape index (κ3) is 3.84. The van der Waals surface area contributed by atoms with E-state index in [0.29, 0.717) is 17.3 Å². The zero-order valence-electron chi connectivity index (χ0n) is 14.8. The zero-order chi connectivity index (χ0) is 19.6. The molecule has 0 bridgehead atoms. The van der Waals surface area contributed by atoms with Crippen LogP contribution in [0.15, 0.2) is 53.3 Å². The average molecular weight is 367 g/mol. The molecule has 0 unspecified atom stereocenters. The first-order valence-electron chi connectivity index (χ1n) is 8.33. The minimum Gasteiger partial charge on any atom is -0.422 e. The summed E-state index contributed by atoms with van der Waals surface area (Å²) in [6.45, 7) is 4.25. The Hall–Kier alpha value is -3.55. The van der Waals surface area contributed by atoms with Gasteiger partial charge in [-0.15, -0.1) is 0 Å². The molecule has 138 valence electrons. The van der Waals surface area contributed by atoms with Crippen molar-refractivity contribution in [3.63, 3.8) is 0 Å². The smallest absolute Gasteiger partial charge is 0.364 e. The average Bonchev–Trinajstić information content (AvgIpc) is 2.64. The van der Waals surface area contributed by atoms with Gasteiger partial charge in [-0.05, 0) is 24.1 Å². The van der Waals surface area contributed by atoms with Crippen LogP contribution < -0.4 is 10.3 Å². The number of hydrogen-bond acceptors (Lipinski definition) is 6. The van der Waals surface area contributed by atoms with Crippen LogP contribution >= 0.6 is 0 Å². The molecular weight excluding hydrogens is 350 g/mol. The van der Waals surface area contributed by atoms with E-state index < -0.39 is 10.9 Å². The van der Waals surface area contributed by atoms with Gasteiger partial charge in [0, 0.05) is 24.1 Å². The second kappa shape index (κ2) is 7.36. The summed E-state index contributed by atoms with van der Waals surface area (Å²) in [6.07, 6.45) is 0. The fraction of sp³-hybridized carbons (Fsp3) is 0.211. The molecule has 3 rings (SSSR count). The molecule has 0 saturated carbocycles. The van der Waals surface area contributed by atoms with E-state index in [4.69, 9.17) is 4.74 Å². The Bertz CT molecular complexity index is 1070. The van der Waals surface area contributed by atoms with Gasteiger partial charge in [0.1, 0.15) is 5.75 Å². The standard InChI is InChI=1S/C19H17N3O5/c1-12(2)11-21-18(23)16-6-4-3-5-15(16)17(20-21)19(24)27-14-9-7-13(8-10-14)22(25)26/h3-10,12H,11H2,1-2H3. The lowest BCUT2D eigenvalue weighted by Gasteiger charge is -2.12. The van der Waals surface area contributed by atoms with E-state index in [1.807, 2.05) is 13.8 Å². The van der Waals surface area contributed by atoms with Crippen molar-refractivity contribution < 1.29 is 14.5 Å². The Morgan fingerprint density at radius 2 is 1.78 bits per heavy atom. The number of nitrogens with zero attached hydrogens (tertiary/aromatic N) is 3. The summed E-state index contributed by atoms with van der Waals surface area (Å²) >= 11 is 0. The first-order chi connectivity index (χ1) is 12.9. The maximum atomic E-state index is 12.7. The van der Waals surface area contributed by atoms with Gasteiger partial charge in [0.15, 0.2) is 5.69 Å². The van der Waals surface area contributed by atoms with Gasteiger partial charge in [-0.2, -0.15) is 5.10 Å². The van der Waals surface area contributed by atoms with E-state index in [1.54, 1.807) is 24.3 Å². The Morgan fingerprint density at radius 3 is 2.37 bits per heavy atom. The van der Waals surface area contributed by atoms with Crippen LogP contribution in [-0.4, -0.2) is 20.7 Å². The minimum atomic E-state index is -0.738. The van der Waals surface area contributed by atoms with E-state index in [2.05, 4.69) is 5.10 Å². The van der Waals surface area contributed by atoms with Crippen molar-refractivity contribution in [1.82, 2.24) is 9.78 Å². The van der Waals surface area contributed by atoms with Crippen molar-refractivity contribution >= 4 is 22.4 Å². The molecule has 0 atom stereocenters.